The van der Waals surface area contributed by atoms with Gasteiger partial charge in [-0.15, -0.1) is 0 Å². The summed E-state index contributed by atoms with van der Waals surface area (Å²) in [5, 5.41) is 9.46. The number of hydrogen-bond donors (Lipinski definition) is 0. The van der Waals surface area contributed by atoms with Crippen LogP contribution in [0.5, 0.6) is 0 Å². The molecule has 27 heavy (non-hydrogen) atoms. The van der Waals surface area contributed by atoms with E-state index in [1.54, 1.807) is 4.90 Å². The maximum absolute atomic E-state index is 13.0. The lowest BCUT2D eigenvalue weighted by atomic mass is 9.32. The van der Waals surface area contributed by atoms with Gasteiger partial charge in [0.2, 0.25) is 0 Å². The average Bonchev–Trinajstić information content (AvgIpc) is 2.79. The van der Waals surface area contributed by atoms with Crippen LogP contribution >= 0.6 is 0 Å². The monoisotopic (exact) mass is 374 g/mol. The Morgan fingerprint density at radius 1 is 1.15 bits per heavy atom. The molecule has 2 bridgehead atoms. The summed E-state index contributed by atoms with van der Waals surface area (Å²) in [6.45, 7) is 11.9. The van der Waals surface area contributed by atoms with Gasteiger partial charge in [-0.3, -0.25) is 0 Å². The second-order valence-electron chi connectivity index (χ2n) is 10.4. The third-order valence-electron chi connectivity index (χ3n) is 7.18. The molecule has 5 rings (SSSR count). The van der Waals surface area contributed by atoms with E-state index in [1.807, 2.05) is 44.4 Å². The average molecular weight is 374 g/mol. The van der Waals surface area contributed by atoms with Crippen molar-refractivity contribution in [3.05, 3.63) is 0 Å². The zero-order valence-electron chi connectivity index (χ0n) is 17.0. The molecule has 148 valence electrons. The smallest absolute Gasteiger partial charge is 0.410 e. The minimum Gasteiger partial charge on any atom is -0.444 e. The number of nitriles is 1. The van der Waals surface area contributed by atoms with Crippen molar-refractivity contribution in [2.24, 2.45) is 10.8 Å². The Hall–Kier alpha value is -1.97. The summed E-state index contributed by atoms with van der Waals surface area (Å²) in [5.41, 5.74) is -0.829. The number of hydrogen-bond acceptors (Lipinski definition) is 4. The molecule has 0 spiro atoms. The molecule has 0 aromatic rings. The van der Waals surface area contributed by atoms with E-state index < -0.39 is 5.60 Å². The molecule has 0 N–H and O–H groups in total. The Kier molecular flexibility index (Phi) is 3.61. The highest BCUT2D eigenvalue weighted by atomic mass is 16.6. The number of piperazine rings is 1. The zero-order valence-corrected chi connectivity index (χ0v) is 17.0. The first-order valence-corrected chi connectivity index (χ1v) is 9.90. The van der Waals surface area contributed by atoms with Gasteiger partial charge in [-0.1, -0.05) is 0 Å². The topological polar surface area (TPSA) is 76.9 Å². The second-order valence-corrected chi connectivity index (χ2v) is 10.4. The third-order valence-corrected chi connectivity index (χ3v) is 7.18. The summed E-state index contributed by atoms with van der Waals surface area (Å²) in [6.07, 6.45) is 2.50. The van der Waals surface area contributed by atoms with Crippen LogP contribution < -0.4 is 0 Å². The predicted octanol–water partition coefficient (Wildman–Crippen LogP) is 2.82. The number of amides is 3. The van der Waals surface area contributed by atoms with Gasteiger partial charge in [0, 0.05) is 31.7 Å². The van der Waals surface area contributed by atoms with Crippen LogP contribution in [0.25, 0.3) is 0 Å². The van der Waals surface area contributed by atoms with Gasteiger partial charge in [-0.25, -0.2) is 9.59 Å². The largest absolute Gasteiger partial charge is 0.444 e. The molecule has 0 radical (unpaired) electrons. The van der Waals surface area contributed by atoms with Crippen molar-refractivity contribution in [2.75, 3.05) is 26.2 Å². The van der Waals surface area contributed by atoms with Crippen molar-refractivity contribution in [2.45, 2.75) is 71.1 Å². The number of carbonyl (C=O) groups is 2. The van der Waals surface area contributed by atoms with Crippen molar-refractivity contribution < 1.29 is 14.3 Å². The molecular weight excluding hydrogens is 344 g/mol. The Morgan fingerprint density at radius 3 is 2.33 bits per heavy atom. The van der Waals surface area contributed by atoms with E-state index in [0.29, 0.717) is 26.2 Å². The van der Waals surface area contributed by atoms with Crippen LogP contribution in [0.1, 0.15) is 53.9 Å². The van der Waals surface area contributed by atoms with E-state index in [0.717, 1.165) is 19.3 Å². The highest BCUT2D eigenvalue weighted by Crippen LogP contribution is 2.76. The van der Waals surface area contributed by atoms with Gasteiger partial charge in [0.1, 0.15) is 5.60 Å². The maximum Gasteiger partial charge on any atom is 0.410 e. The Balaban J connectivity index is 1.40. The lowest BCUT2D eigenvalue weighted by Crippen LogP contribution is -2.78. The van der Waals surface area contributed by atoms with Crippen molar-refractivity contribution in [3.63, 3.8) is 0 Å². The lowest BCUT2D eigenvalue weighted by Gasteiger charge is -2.76. The van der Waals surface area contributed by atoms with Crippen LogP contribution in [0.3, 0.4) is 0 Å². The Morgan fingerprint density at radius 2 is 1.78 bits per heavy atom. The second kappa shape index (κ2) is 5.30. The van der Waals surface area contributed by atoms with Gasteiger partial charge < -0.3 is 19.4 Å². The molecule has 0 aromatic heterocycles. The summed E-state index contributed by atoms with van der Waals surface area (Å²) in [4.78, 5) is 31.0. The molecule has 3 amide bonds. The molecule has 3 aliphatic carbocycles. The first-order chi connectivity index (χ1) is 12.4. The van der Waals surface area contributed by atoms with Crippen molar-refractivity contribution in [1.29, 1.82) is 5.26 Å². The molecule has 7 heteroatoms. The molecule has 2 heterocycles. The third kappa shape index (κ3) is 2.52. The summed E-state index contributed by atoms with van der Waals surface area (Å²) >= 11 is 0. The fourth-order valence-corrected chi connectivity index (χ4v) is 5.40. The number of urea groups is 1. The fourth-order valence-electron chi connectivity index (χ4n) is 5.40. The van der Waals surface area contributed by atoms with E-state index in [1.165, 1.54) is 0 Å². The number of fused-ring (bicyclic) bond motifs is 1. The quantitative estimate of drug-likeness (QED) is 0.745. The van der Waals surface area contributed by atoms with E-state index in [-0.39, 0.29) is 34.5 Å². The van der Waals surface area contributed by atoms with Crippen molar-refractivity contribution in [3.8, 4) is 6.07 Å². The zero-order chi connectivity index (χ0) is 19.8. The van der Waals surface area contributed by atoms with Crippen LogP contribution in [-0.2, 0) is 4.74 Å². The number of rotatable bonds is 2. The molecule has 0 aromatic carbocycles. The van der Waals surface area contributed by atoms with Crippen molar-refractivity contribution in [1.82, 2.24) is 14.7 Å². The van der Waals surface area contributed by atoms with Crippen LogP contribution in [0.2, 0.25) is 0 Å². The van der Waals surface area contributed by atoms with Crippen LogP contribution in [-0.4, -0.2) is 70.2 Å². The van der Waals surface area contributed by atoms with Gasteiger partial charge in [0.15, 0.2) is 0 Å². The minimum absolute atomic E-state index is 0.0349. The summed E-state index contributed by atoms with van der Waals surface area (Å²) < 4.78 is 5.49. The number of nitrogens with zero attached hydrogens (tertiary/aromatic N) is 4. The molecule has 5 aliphatic rings. The highest BCUT2D eigenvalue weighted by Gasteiger charge is 2.76. The van der Waals surface area contributed by atoms with Crippen LogP contribution in [0.15, 0.2) is 0 Å². The van der Waals surface area contributed by atoms with E-state index in [4.69, 9.17) is 4.74 Å². The molecule has 2 aliphatic heterocycles. The van der Waals surface area contributed by atoms with Crippen LogP contribution in [0.4, 0.5) is 9.59 Å². The Labute approximate surface area is 161 Å². The van der Waals surface area contributed by atoms with Gasteiger partial charge in [0.25, 0.3) is 0 Å². The van der Waals surface area contributed by atoms with Gasteiger partial charge in [0.05, 0.1) is 17.5 Å². The predicted molar refractivity (Wildman–Crippen MR) is 98.8 cm³/mol. The first kappa shape index (κ1) is 18.4. The van der Waals surface area contributed by atoms with Gasteiger partial charge >= 0.3 is 12.1 Å². The van der Waals surface area contributed by atoms with E-state index in [9.17, 15) is 14.9 Å². The molecule has 5 fully saturated rings. The van der Waals surface area contributed by atoms with Crippen molar-refractivity contribution >= 4 is 12.1 Å². The van der Waals surface area contributed by atoms with E-state index in [2.05, 4.69) is 6.07 Å². The maximum atomic E-state index is 13.0. The number of ether oxygens (including phenoxy) is 1. The van der Waals surface area contributed by atoms with Crippen LogP contribution in [0, 0.1) is 22.2 Å². The molecule has 1 atom stereocenters. The molecule has 3 saturated carbocycles. The highest BCUT2D eigenvalue weighted by molar-refractivity contribution is 5.80. The van der Waals surface area contributed by atoms with E-state index >= 15 is 0 Å². The normalized spacial score (nSPS) is 35.2. The number of carbonyl (C=O) groups excluding carboxylic acids is 2. The summed E-state index contributed by atoms with van der Waals surface area (Å²) in [5.74, 6) is 0. The summed E-state index contributed by atoms with van der Waals surface area (Å²) in [6, 6.07) is 2.59. The fraction of sp³-hybridized carbons (Fsp3) is 0.850. The SMILES string of the molecule is CC(C)(C)OC(=O)N1CCN2C(=O)N(C34CC(C(C)(C)C#N)(C3)C4)C[C@@H]2C1. The van der Waals surface area contributed by atoms with Gasteiger partial charge in [-0.05, 0) is 59.3 Å². The summed E-state index contributed by atoms with van der Waals surface area (Å²) in [7, 11) is 0. The standard InChI is InChI=1S/C20H30N4O3/c1-17(2,3)27-16(26)22-6-7-23-14(8-22)9-24(15(23)25)20-10-19(11-20,12-20)18(4,5)13-21/h14H,6-12H2,1-5H3/t14-,19?,20?/m0/s1. The minimum atomic E-state index is -0.514. The molecule has 7 nitrogen and oxygen atoms in total. The molecule has 2 saturated heterocycles. The first-order valence-electron chi connectivity index (χ1n) is 9.90. The molecular formula is C20H30N4O3. The molecule has 0 unspecified atom stereocenters. The Bertz CT molecular complexity index is 713. The van der Waals surface area contributed by atoms with Gasteiger partial charge in [-0.2, -0.15) is 5.26 Å². The lowest BCUT2D eigenvalue weighted by molar-refractivity contribution is -0.241.